The number of aldehydes is 1. The molecule has 3 nitrogen and oxygen atoms in total. The number of halogens is 2. The van der Waals surface area contributed by atoms with Gasteiger partial charge in [0.2, 0.25) is 0 Å². The van der Waals surface area contributed by atoms with Gasteiger partial charge in [0.15, 0.2) is 11.6 Å². The lowest BCUT2D eigenvalue weighted by Crippen LogP contribution is -2.00. The van der Waals surface area contributed by atoms with E-state index in [1.54, 1.807) is 0 Å². The van der Waals surface area contributed by atoms with Crippen LogP contribution in [-0.4, -0.2) is 15.8 Å². The molecule has 0 bridgehead atoms. The number of rotatable bonds is 2. The standard InChI is InChI=1S/C10H6F2N2O/c11-8-3-7(5-15)4-9(12)10(8)14-2-1-13-6-14/h1-6H. The van der Waals surface area contributed by atoms with Gasteiger partial charge in [-0.05, 0) is 12.1 Å². The predicted octanol–water partition coefficient (Wildman–Crippen LogP) is 1.96. The number of carbonyl (C=O) groups is 1. The van der Waals surface area contributed by atoms with E-state index in [2.05, 4.69) is 4.98 Å². The fraction of sp³-hybridized carbons (Fsp3) is 0. The first kappa shape index (κ1) is 9.51. The van der Waals surface area contributed by atoms with Crippen LogP contribution in [0.1, 0.15) is 10.4 Å². The maximum Gasteiger partial charge on any atom is 0.150 e. The zero-order valence-corrected chi connectivity index (χ0v) is 7.52. The van der Waals surface area contributed by atoms with Crippen LogP contribution in [-0.2, 0) is 0 Å². The van der Waals surface area contributed by atoms with Crippen molar-refractivity contribution in [1.82, 2.24) is 9.55 Å². The maximum atomic E-state index is 13.4. The average Bonchev–Trinajstić information content (AvgIpc) is 2.69. The van der Waals surface area contributed by atoms with E-state index < -0.39 is 11.6 Å². The topological polar surface area (TPSA) is 34.9 Å². The van der Waals surface area contributed by atoms with Gasteiger partial charge in [-0.3, -0.25) is 4.79 Å². The summed E-state index contributed by atoms with van der Waals surface area (Å²) in [6.07, 6.45) is 4.50. The van der Waals surface area contributed by atoms with Crippen LogP contribution in [0.15, 0.2) is 30.9 Å². The summed E-state index contributed by atoms with van der Waals surface area (Å²) in [7, 11) is 0. The Labute approximate surface area is 84.0 Å². The summed E-state index contributed by atoms with van der Waals surface area (Å²) >= 11 is 0. The molecule has 15 heavy (non-hydrogen) atoms. The molecule has 0 amide bonds. The van der Waals surface area contributed by atoms with Gasteiger partial charge in [-0.1, -0.05) is 0 Å². The second kappa shape index (κ2) is 3.61. The van der Waals surface area contributed by atoms with E-state index in [0.29, 0.717) is 6.29 Å². The summed E-state index contributed by atoms with van der Waals surface area (Å²) < 4.78 is 28.0. The number of aromatic nitrogens is 2. The molecule has 5 heteroatoms. The molecular formula is C10H6F2N2O. The summed E-state index contributed by atoms with van der Waals surface area (Å²) in [5, 5.41) is 0. The molecular weight excluding hydrogens is 202 g/mol. The number of imidazole rings is 1. The van der Waals surface area contributed by atoms with E-state index in [0.717, 1.165) is 12.1 Å². The first-order chi connectivity index (χ1) is 7.22. The summed E-state index contributed by atoms with van der Waals surface area (Å²) in [6.45, 7) is 0. The van der Waals surface area contributed by atoms with Crippen molar-refractivity contribution in [3.05, 3.63) is 48.1 Å². The highest BCUT2D eigenvalue weighted by Gasteiger charge is 2.12. The summed E-state index contributed by atoms with van der Waals surface area (Å²) in [5.74, 6) is -1.59. The third-order valence-electron chi connectivity index (χ3n) is 1.94. The van der Waals surface area contributed by atoms with Gasteiger partial charge in [-0.2, -0.15) is 0 Å². The number of carbonyl (C=O) groups excluding carboxylic acids is 1. The zero-order chi connectivity index (χ0) is 10.8. The van der Waals surface area contributed by atoms with E-state index in [9.17, 15) is 13.6 Å². The van der Waals surface area contributed by atoms with Crippen molar-refractivity contribution in [2.75, 3.05) is 0 Å². The lowest BCUT2D eigenvalue weighted by Gasteiger charge is -2.05. The minimum atomic E-state index is -0.796. The second-order valence-electron chi connectivity index (χ2n) is 2.92. The lowest BCUT2D eigenvalue weighted by molar-refractivity contribution is 0.112. The summed E-state index contributed by atoms with van der Waals surface area (Å²) in [5.41, 5.74) is -0.271. The third kappa shape index (κ3) is 1.63. The van der Waals surface area contributed by atoms with Crippen molar-refractivity contribution < 1.29 is 13.6 Å². The first-order valence-corrected chi connectivity index (χ1v) is 4.15. The average molecular weight is 208 g/mol. The molecule has 0 unspecified atom stereocenters. The molecule has 0 saturated carbocycles. The van der Waals surface area contributed by atoms with Crippen LogP contribution in [0, 0.1) is 11.6 Å². The van der Waals surface area contributed by atoms with Crippen LogP contribution in [0.4, 0.5) is 8.78 Å². The molecule has 0 fully saturated rings. The fourth-order valence-electron chi connectivity index (χ4n) is 1.29. The van der Waals surface area contributed by atoms with Crippen LogP contribution in [0.25, 0.3) is 5.69 Å². The molecule has 2 aromatic rings. The molecule has 2 rings (SSSR count). The molecule has 0 aliphatic rings. The van der Waals surface area contributed by atoms with Crippen molar-refractivity contribution in [1.29, 1.82) is 0 Å². The van der Waals surface area contributed by atoms with Gasteiger partial charge in [-0.15, -0.1) is 0 Å². The van der Waals surface area contributed by atoms with Crippen LogP contribution in [0.3, 0.4) is 0 Å². The first-order valence-electron chi connectivity index (χ1n) is 4.15. The van der Waals surface area contributed by atoms with Crippen molar-refractivity contribution >= 4 is 6.29 Å². The Balaban J connectivity index is 2.63. The van der Waals surface area contributed by atoms with E-state index in [4.69, 9.17) is 0 Å². The SMILES string of the molecule is O=Cc1cc(F)c(-n2ccnc2)c(F)c1. The Bertz CT molecular complexity index is 471. The molecule has 0 N–H and O–H groups in total. The zero-order valence-electron chi connectivity index (χ0n) is 7.52. The van der Waals surface area contributed by atoms with Crippen molar-refractivity contribution in [3.8, 4) is 5.69 Å². The Morgan fingerprint density at radius 1 is 1.27 bits per heavy atom. The number of benzene rings is 1. The molecule has 0 atom stereocenters. The van der Waals surface area contributed by atoms with Crippen molar-refractivity contribution in [3.63, 3.8) is 0 Å². The Hall–Kier alpha value is -2.04. The molecule has 0 radical (unpaired) electrons. The largest absolute Gasteiger partial charge is 0.301 e. The predicted molar refractivity (Wildman–Crippen MR) is 48.9 cm³/mol. The molecule has 76 valence electrons. The Morgan fingerprint density at radius 3 is 2.40 bits per heavy atom. The highest BCUT2D eigenvalue weighted by atomic mass is 19.1. The Morgan fingerprint density at radius 2 is 1.93 bits per heavy atom. The van der Waals surface area contributed by atoms with Gasteiger partial charge in [-0.25, -0.2) is 13.8 Å². The highest BCUT2D eigenvalue weighted by molar-refractivity contribution is 5.75. The van der Waals surface area contributed by atoms with Gasteiger partial charge in [0.1, 0.15) is 12.0 Å². The second-order valence-corrected chi connectivity index (χ2v) is 2.92. The quantitative estimate of drug-likeness (QED) is 0.707. The maximum absolute atomic E-state index is 13.4. The normalized spacial score (nSPS) is 10.3. The van der Waals surface area contributed by atoms with Gasteiger partial charge in [0.05, 0.1) is 6.33 Å². The molecule has 1 aromatic carbocycles. The van der Waals surface area contributed by atoms with Crippen LogP contribution in [0.5, 0.6) is 0 Å². The fourth-order valence-corrected chi connectivity index (χ4v) is 1.29. The van der Waals surface area contributed by atoms with Gasteiger partial charge < -0.3 is 4.57 Å². The van der Waals surface area contributed by atoms with E-state index in [1.165, 1.54) is 23.3 Å². The molecule has 0 saturated heterocycles. The minimum absolute atomic E-state index is 0.0335. The molecule has 1 aromatic heterocycles. The van der Waals surface area contributed by atoms with Gasteiger partial charge >= 0.3 is 0 Å². The van der Waals surface area contributed by atoms with Gasteiger partial charge in [0, 0.05) is 18.0 Å². The Kier molecular flexibility index (Phi) is 2.29. The number of nitrogens with zero attached hydrogens (tertiary/aromatic N) is 2. The van der Waals surface area contributed by atoms with Crippen molar-refractivity contribution in [2.24, 2.45) is 0 Å². The third-order valence-corrected chi connectivity index (χ3v) is 1.94. The summed E-state index contributed by atoms with van der Waals surface area (Å²) in [4.78, 5) is 14.0. The number of hydrogen-bond donors (Lipinski definition) is 0. The van der Waals surface area contributed by atoms with Crippen LogP contribution in [0.2, 0.25) is 0 Å². The monoisotopic (exact) mass is 208 g/mol. The molecule has 1 heterocycles. The molecule has 0 aliphatic carbocycles. The van der Waals surface area contributed by atoms with E-state index >= 15 is 0 Å². The van der Waals surface area contributed by atoms with E-state index in [-0.39, 0.29) is 11.3 Å². The van der Waals surface area contributed by atoms with Crippen LogP contribution >= 0.6 is 0 Å². The smallest absolute Gasteiger partial charge is 0.150 e. The van der Waals surface area contributed by atoms with E-state index in [1.807, 2.05) is 0 Å². The summed E-state index contributed by atoms with van der Waals surface area (Å²) in [6, 6.07) is 1.96. The molecule has 0 aliphatic heterocycles. The number of hydrogen-bond acceptors (Lipinski definition) is 2. The lowest BCUT2D eigenvalue weighted by atomic mass is 10.2. The highest BCUT2D eigenvalue weighted by Crippen LogP contribution is 2.18. The van der Waals surface area contributed by atoms with Gasteiger partial charge in [0.25, 0.3) is 0 Å². The minimum Gasteiger partial charge on any atom is -0.301 e. The van der Waals surface area contributed by atoms with Crippen LogP contribution < -0.4 is 0 Å². The van der Waals surface area contributed by atoms with Crippen molar-refractivity contribution in [2.45, 2.75) is 0 Å². The molecule has 0 spiro atoms.